The van der Waals surface area contributed by atoms with Gasteiger partial charge in [0, 0.05) is 25.1 Å². The highest BCUT2D eigenvalue weighted by molar-refractivity contribution is 5.29. The fourth-order valence-electron chi connectivity index (χ4n) is 2.30. The van der Waals surface area contributed by atoms with E-state index >= 15 is 0 Å². The van der Waals surface area contributed by atoms with Crippen molar-refractivity contribution in [3.8, 4) is 0 Å². The summed E-state index contributed by atoms with van der Waals surface area (Å²) in [6, 6.07) is 1.93. The summed E-state index contributed by atoms with van der Waals surface area (Å²) in [6.07, 6.45) is 9.89. The van der Waals surface area contributed by atoms with Gasteiger partial charge >= 0.3 is 0 Å². The molecule has 0 amide bonds. The zero-order valence-electron chi connectivity index (χ0n) is 9.34. The lowest BCUT2D eigenvalue weighted by Gasteiger charge is -2.25. The lowest BCUT2D eigenvalue weighted by Crippen LogP contribution is -2.29. The Morgan fingerprint density at radius 2 is 2.06 bits per heavy atom. The molecule has 4 nitrogen and oxygen atoms in total. The maximum absolute atomic E-state index is 4.52. The van der Waals surface area contributed by atoms with Gasteiger partial charge in [-0.1, -0.05) is 6.42 Å². The lowest BCUT2D eigenvalue weighted by molar-refractivity contribution is 0.219. The third-order valence-corrected chi connectivity index (χ3v) is 3.12. The van der Waals surface area contributed by atoms with Crippen molar-refractivity contribution in [1.29, 1.82) is 0 Å². The first-order valence-corrected chi connectivity index (χ1v) is 5.93. The van der Waals surface area contributed by atoms with Gasteiger partial charge in [-0.3, -0.25) is 9.30 Å². The second-order valence-electron chi connectivity index (χ2n) is 4.40. The maximum atomic E-state index is 4.52. The Morgan fingerprint density at radius 1 is 1.19 bits per heavy atom. The van der Waals surface area contributed by atoms with Gasteiger partial charge in [-0.05, 0) is 32.0 Å². The Balaban J connectivity index is 1.78. The summed E-state index contributed by atoms with van der Waals surface area (Å²) in [5.74, 6) is 0.800. The van der Waals surface area contributed by atoms with Gasteiger partial charge in [0.25, 0.3) is 0 Å². The van der Waals surface area contributed by atoms with Crippen molar-refractivity contribution < 1.29 is 0 Å². The van der Waals surface area contributed by atoms with Crippen LogP contribution in [0.4, 0.5) is 0 Å². The second kappa shape index (κ2) is 4.22. The molecule has 1 fully saturated rings. The molecule has 4 heteroatoms. The van der Waals surface area contributed by atoms with E-state index < -0.39 is 0 Å². The van der Waals surface area contributed by atoms with Crippen molar-refractivity contribution in [2.75, 3.05) is 13.1 Å². The molecule has 1 aliphatic heterocycles. The van der Waals surface area contributed by atoms with E-state index in [0.717, 1.165) is 18.0 Å². The largest absolute Gasteiger partial charge is 0.297 e. The van der Waals surface area contributed by atoms with Crippen molar-refractivity contribution in [2.24, 2.45) is 0 Å². The van der Waals surface area contributed by atoms with E-state index in [4.69, 9.17) is 0 Å². The number of piperidine rings is 1. The number of hydrogen-bond acceptors (Lipinski definition) is 3. The Labute approximate surface area is 94.9 Å². The van der Waals surface area contributed by atoms with Crippen LogP contribution in [0.1, 0.15) is 25.0 Å². The van der Waals surface area contributed by atoms with Gasteiger partial charge in [0.15, 0.2) is 0 Å². The highest BCUT2D eigenvalue weighted by Crippen LogP contribution is 2.12. The molecule has 0 spiro atoms. The van der Waals surface area contributed by atoms with Crippen LogP contribution in [0, 0.1) is 0 Å². The van der Waals surface area contributed by atoms with E-state index in [9.17, 15) is 0 Å². The number of hydrogen-bond donors (Lipinski definition) is 0. The highest BCUT2D eigenvalue weighted by Gasteiger charge is 2.12. The molecule has 0 aromatic carbocycles. The minimum Gasteiger partial charge on any atom is -0.297 e. The lowest BCUT2D eigenvalue weighted by atomic mass is 10.1. The third-order valence-electron chi connectivity index (χ3n) is 3.12. The van der Waals surface area contributed by atoms with Gasteiger partial charge in [0.2, 0.25) is 5.78 Å². The molecule has 0 unspecified atom stereocenters. The number of fused-ring (bicyclic) bond motifs is 1. The molecule has 3 rings (SSSR count). The standard InChI is InChI=1S/C12H16N4/c1-2-6-15(7-3-1)9-11-10-16-8-4-5-13-12(16)14-11/h4-5,8,10H,1-3,6-7,9H2. The Hall–Kier alpha value is -1.42. The second-order valence-corrected chi connectivity index (χ2v) is 4.40. The fraction of sp³-hybridized carbons (Fsp3) is 0.500. The normalized spacial score (nSPS) is 18.0. The first-order valence-electron chi connectivity index (χ1n) is 5.93. The molecule has 2 aromatic heterocycles. The van der Waals surface area contributed by atoms with Crippen molar-refractivity contribution in [3.63, 3.8) is 0 Å². The van der Waals surface area contributed by atoms with E-state index in [0.29, 0.717) is 0 Å². The Kier molecular flexibility index (Phi) is 2.58. The Morgan fingerprint density at radius 3 is 2.88 bits per heavy atom. The monoisotopic (exact) mass is 216 g/mol. The first-order chi connectivity index (χ1) is 7.92. The van der Waals surface area contributed by atoms with Crippen LogP contribution < -0.4 is 0 Å². The molecule has 0 N–H and O–H groups in total. The molecule has 3 heterocycles. The molecule has 0 saturated carbocycles. The summed E-state index contributed by atoms with van der Waals surface area (Å²) < 4.78 is 1.99. The summed E-state index contributed by atoms with van der Waals surface area (Å²) in [6.45, 7) is 3.38. The van der Waals surface area contributed by atoms with E-state index in [-0.39, 0.29) is 0 Å². The predicted molar refractivity (Wildman–Crippen MR) is 62.1 cm³/mol. The van der Waals surface area contributed by atoms with Crippen LogP contribution in [0.25, 0.3) is 5.78 Å². The minimum absolute atomic E-state index is 0.800. The third kappa shape index (κ3) is 1.93. The molecule has 84 valence electrons. The Bertz CT molecular complexity index is 438. The van der Waals surface area contributed by atoms with Crippen LogP contribution in [-0.4, -0.2) is 32.4 Å². The summed E-state index contributed by atoms with van der Waals surface area (Å²) in [4.78, 5) is 11.2. The summed E-state index contributed by atoms with van der Waals surface area (Å²) in [5, 5.41) is 0. The molecule has 0 radical (unpaired) electrons. The molecule has 1 aliphatic rings. The van der Waals surface area contributed by atoms with E-state index in [1.165, 1.54) is 32.4 Å². The molecule has 0 bridgehead atoms. The fourth-order valence-corrected chi connectivity index (χ4v) is 2.30. The molecule has 16 heavy (non-hydrogen) atoms. The quantitative estimate of drug-likeness (QED) is 0.766. The van der Waals surface area contributed by atoms with Crippen LogP contribution in [-0.2, 0) is 6.54 Å². The highest BCUT2D eigenvalue weighted by atomic mass is 15.2. The van der Waals surface area contributed by atoms with Crippen LogP contribution in [0.2, 0.25) is 0 Å². The van der Waals surface area contributed by atoms with Crippen molar-refractivity contribution >= 4 is 5.78 Å². The number of likely N-dealkylation sites (tertiary alicyclic amines) is 1. The molecular weight excluding hydrogens is 200 g/mol. The minimum atomic E-state index is 0.800. The van der Waals surface area contributed by atoms with Gasteiger partial charge in [0.1, 0.15) is 0 Å². The smallest absolute Gasteiger partial charge is 0.233 e. The van der Waals surface area contributed by atoms with E-state index in [1.54, 1.807) is 6.20 Å². The van der Waals surface area contributed by atoms with Crippen LogP contribution >= 0.6 is 0 Å². The number of aromatic nitrogens is 3. The SMILES string of the molecule is c1cnc2nc(CN3CCCCC3)cn2c1. The maximum Gasteiger partial charge on any atom is 0.233 e. The summed E-state index contributed by atoms with van der Waals surface area (Å²) in [7, 11) is 0. The zero-order valence-corrected chi connectivity index (χ0v) is 9.34. The zero-order chi connectivity index (χ0) is 10.8. The predicted octanol–water partition coefficient (Wildman–Crippen LogP) is 1.72. The molecule has 0 atom stereocenters. The molecule has 0 aliphatic carbocycles. The summed E-state index contributed by atoms with van der Waals surface area (Å²) >= 11 is 0. The number of imidazole rings is 1. The molecule has 1 saturated heterocycles. The topological polar surface area (TPSA) is 33.4 Å². The number of nitrogens with zero attached hydrogens (tertiary/aromatic N) is 4. The van der Waals surface area contributed by atoms with Gasteiger partial charge in [-0.2, -0.15) is 0 Å². The molecular formula is C12H16N4. The van der Waals surface area contributed by atoms with Gasteiger partial charge < -0.3 is 0 Å². The van der Waals surface area contributed by atoms with E-state index in [2.05, 4.69) is 21.1 Å². The average Bonchev–Trinajstić information content (AvgIpc) is 2.72. The molecule has 2 aromatic rings. The van der Waals surface area contributed by atoms with Gasteiger partial charge in [0.05, 0.1) is 5.69 Å². The van der Waals surface area contributed by atoms with Gasteiger partial charge in [-0.15, -0.1) is 0 Å². The van der Waals surface area contributed by atoms with Crippen LogP contribution in [0.15, 0.2) is 24.7 Å². The van der Waals surface area contributed by atoms with Crippen LogP contribution in [0.3, 0.4) is 0 Å². The van der Waals surface area contributed by atoms with E-state index in [1.807, 2.05) is 16.7 Å². The van der Waals surface area contributed by atoms with Crippen molar-refractivity contribution in [2.45, 2.75) is 25.8 Å². The first kappa shape index (κ1) is 9.78. The van der Waals surface area contributed by atoms with Crippen LogP contribution in [0.5, 0.6) is 0 Å². The summed E-state index contributed by atoms with van der Waals surface area (Å²) in [5.41, 5.74) is 1.13. The van der Waals surface area contributed by atoms with Crippen molar-refractivity contribution in [3.05, 3.63) is 30.4 Å². The number of rotatable bonds is 2. The average molecular weight is 216 g/mol. The van der Waals surface area contributed by atoms with Gasteiger partial charge in [-0.25, -0.2) is 9.97 Å². The van der Waals surface area contributed by atoms with Crippen molar-refractivity contribution in [1.82, 2.24) is 19.3 Å².